The zero-order valence-corrected chi connectivity index (χ0v) is 16.7. The number of esters is 1. The summed E-state index contributed by atoms with van der Waals surface area (Å²) in [5, 5.41) is 3.37. The predicted molar refractivity (Wildman–Crippen MR) is 109 cm³/mol. The molecule has 2 aromatic carbocycles. The number of allylic oxidation sites excluding steroid dienone is 1. The number of carbonyl (C=O) groups excluding carboxylic acids is 2. The van der Waals surface area contributed by atoms with Crippen LogP contribution in [0.2, 0.25) is 5.02 Å². The molecule has 0 fully saturated rings. The van der Waals surface area contributed by atoms with Crippen LogP contribution < -0.4 is 5.32 Å². The number of hydrogen-bond donors (Lipinski definition) is 1. The summed E-state index contributed by atoms with van der Waals surface area (Å²) in [6.07, 6.45) is 0.625. The minimum Gasteiger partial charge on any atom is -0.462 e. The first-order chi connectivity index (χ1) is 13.5. The maximum atomic E-state index is 13.0. The predicted octanol–water partition coefficient (Wildman–Crippen LogP) is 4.49. The zero-order chi connectivity index (χ0) is 20.1. The van der Waals surface area contributed by atoms with Crippen molar-refractivity contribution >= 4 is 23.6 Å². The van der Waals surface area contributed by atoms with Gasteiger partial charge >= 0.3 is 12.0 Å². The summed E-state index contributed by atoms with van der Waals surface area (Å²) < 4.78 is 5.56. The number of benzene rings is 2. The molecular weight excluding hydrogens is 376 g/mol. The second kappa shape index (κ2) is 8.93. The van der Waals surface area contributed by atoms with Gasteiger partial charge in [-0.2, -0.15) is 0 Å². The van der Waals surface area contributed by atoms with Crippen molar-refractivity contribution in [2.24, 2.45) is 0 Å². The summed E-state index contributed by atoms with van der Waals surface area (Å²) in [7, 11) is 0. The van der Waals surface area contributed by atoms with Gasteiger partial charge in [0.25, 0.3) is 0 Å². The summed E-state index contributed by atoms with van der Waals surface area (Å²) in [5.74, 6) is -0.447. The second-order valence-electron chi connectivity index (χ2n) is 6.52. The van der Waals surface area contributed by atoms with Gasteiger partial charge in [-0.05, 0) is 31.0 Å². The van der Waals surface area contributed by atoms with Gasteiger partial charge in [-0.25, -0.2) is 9.59 Å². The van der Waals surface area contributed by atoms with Crippen molar-refractivity contribution in [3.63, 3.8) is 0 Å². The van der Waals surface area contributed by atoms with Crippen LogP contribution >= 0.6 is 11.6 Å². The molecule has 0 aliphatic carbocycles. The number of nitrogens with zero attached hydrogens (tertiary/aromatic N) is 1. The number of nitrogens with one attached hydrogen (secondary N) is 1. The topological polar surface area (TPSA) is 58.6 Å². The van der Waals surface area contributed by atoms with Gasteiger partial charge in [0.05, 0.1) is 18.2 Å². The van der Waals surface area contributed by atoms with Crippen LogP contribution in [-0.2, 0) is 16.0 Å². The standard InChI is InChI=1S/C22H23ClN2O3/c1-3-25-15(2)19(21(26)28-14-13-16-9-5-4-6-10-16)20(24-22(25)27)17-11-7-8-12-18(17)23/h4-12,20H,3,13-14H2,1-2H3,(H,24,27)/t20-/m1/s1. The number of amides is 2. The van der Waals surface area contributed by atoms with Crippen LogP contribution in [0.15, 0.2) is 65.9 Å². The molecule has 3 rings (SSSR count). The SMILES string of the molecule is CCN1C(=O)N[C@H](c2ccccc2Cl)C(C(=O)OCCc2ccccc2)=C1C. The van der Waals surface area contributed by atoms with Gasteiger partial charge in [0, 0.05) is 23.7 Å². The Labute approximate surface area is 169 Å². The fourth-order valence-corrected chi connectivity index (χ4v) is 3.60. The zero-order valence-electron chi connectivity index (χ0n) is 15.9. The van der Waals surface area contributed by atoms with Gasteiger partial charge in [-0.3, -0.25) is 4.90 Å². The Bertz CT molecular complexity index is 896. The Kier molecular flexibility index (Phi) is 6.37. The first-order valence-corrected chi connectivity index (χ1v) is 9.65. The number of hydrogen-bond acceptors (Lipinski definition) is 3. The molecule has 146 valence electrons. The van der Waals surface area contributed by atoms with Crippen LogP contribution in [0.1, 0.15) is 31.0 Å². The van der Waals surface area contributed by atoms with E-state index in [1.165, 1.54) is 4.90 Å². The van der Waals surface area contributed by atoms with Crippen LogP contribution in [0, 0.1) is 0 Å². The summed E-state index contributed by atoms with van der Waals surface area (Å²) in [6.45, 7) is 4.33. The van der Waals surface area contributed by atoms with E-state index in [1.807, 2.05) is 49.4 Å². The molecule has 6 heteroatoms. The average Bonchev–Trinajstić information content (AvgIpc) is 2.69. The van der Waals surface area contributed by atoms with E-state index in [0.717, 1.165) is 5.56 Å². The van der Waals surface area contributed by atoms with Crippen LogP contribution in [0.5, 0.6) is 0 Å². The van der Waals surface area contributed by atoms with E-state index in [2.05, 4.69) is 5.32 Å². The maximum Gasteiger partial charge on any atom is 0.338 e. The number of urea groups is 1. The molecule has 0 bridgehead atoms. The first-order valence-electron chi connectivity index (χ1n) is 9.27. The normalized spacial score (nSPS) is 16.8. The highest BCUT2D eigenvalue weighted by Crippen LogP contribution is 2.34. The summed E-state index contributed by atoms with van der Waals surface area (Å²) in [4.78, 5) is 27.0. The molecule has 5 nitrogen and oxygen atoms in total. The highest BCUT2D eigenvalue weighted by molar-refractivity contribution is 6.31. The monoisotopic (exact) mass is 398 g/mol. The van der Waals surface area contributed by atoms with Gasteiger partial charge in [0.1, 0.15) is 0 Å². The third-order valence-electron chi connectivity index (χ3n) is 4.82. The van der Waals surface area contributed by atoms with Crippen molar-refractivity contribution < 1.29 is 14.3 Å². The van der Waals surface area contributed by atoms with E-state index < -0.39 is 12.0 Å². The van der Waals surface area contributed by atoms with Crippen LogP contribution in [0.3, 0.4) is 0 Å². The molecule has 1 aliphatic heterocycles. The van der Waals surface area contributed by atoms with Crippen LogP contribution in [0.4, 0.5) is 4.79 Å². The second-order valence-corrected chi connectivity index (χ2v) is 6.93. The Morgan fingerprint density at radius 3 is 2.50 bits per heavy atom. The lowest BCUT2D eigenvalue weighted by molar-refractivity contribution is -0.139. The van der Waals surface area contributed by atoms with E-state index in [1.54, 1.807) is 19.1 Å². The van der Waals surface area contributed by atoms with Crippen molar-refractivity contribution in [3.05, 3.63) is 82.0 Å². The van der Waals surface area contributed by atoms with Crippen LogP contribution in [0.25, 0.3) is 0 Å². The van der Waals surface area contributed by atoms with Crippen LogP contribution in [-0.4, -0.2) is 30.1 Å². The summed E-state index contributed by atoms with van der Waals surface area (Å²) in [5.41, 5.74) is 2.75. The molecule has 1 atom stereocenters. The third kappa shape index (κ3) is 4.20. The lowest BCUT2D eigenvalue weighted by atomic mass is 9.95. The first kappa shape index (κ1) is 20.0. The molecule has 1 N–H and O–H groups in total. The largest absolute Gasteiger partial charge is 0.462 e. The molecule has 0 saturated heterocycles. The number of carbonyl (C=O) groups is 2. The summed E-state index contributed by atoms with van der Waals surface area (Å²) in [6, 6.07) is 16.1. The van der Waals surface area contributed by atoms with Gasteiger partial charge in [-0.15, -0.1) is 0 Å². The van der Waals surface area contributed by atoms with Crippen molar-refractivity contribution in [2.75, 3.05) is 13.2 Å². The third-order valence-corrected chi connectivity index (χ3v) is 5.16. The molecule has 1 aliphatic rings. The van der Waals surface area contributed by atoms with E-state index in [4.69, 9.17) is 16.3 Å². The molecule has 0 saturated carbocycles. The van der Waals surface area contributed by atoms with Gasteiger partial charge in [0.2, 0.25) is 0 Å². The van der Waals surface area contributed by atoms with Crippen molar-refractivity contribution in [2.45, 2.75) is 26.3 Å². The smallest absolute Gasteiger partial charge is 0.338 e. The molecule has 0 aromatic heterocycles. The Balaban J connectivity index is 1.86. The van der Waals surface area contributed by atoms with Crippen molar-refractivity contribution in [1.29, 1.82) is 0 Å². The highest BCUT2D eigenvalue weighted by Gasteiger charge is 2.36. The van der Waals surface area contributed by atoms with E-state index in [0.29, 0.717) is 34.8 Å². The molecule has 2 amide bonds. The molecule has 0 spiro atoms. The van der Waals surface area contributed by atoms with E-state index >= 15 is 0 Å². The molecular formula is C22H23ClN2O3. The Morgan fingerprint density at radius 1 is 1.14 bits per heavy atom. The van der Waals surface area contributed by atoms with Gasteiger partial charge in [0.15, 0.2) is 0 Å². The lowest BCUT2D eigenvalue weighted by Gasteiger charge is -2.35. The van der Waals surface area contributed by atoms with Crippen molar-refractivity contribution in [1.82, 2.24) is 10.2 Å². The molecule has 0 unspecified atom stereocenters. The molecule has 28 heavy (non-hydrogen) atoms. The fourth-order valence-electron chi connectivity index (χ4n) is 3.35. The quantitative estimate of drug-likeness (QED) is 0.729. The Hall–Kier alpha value is -2.79. The van der Waals surface area contributed by atoms with Crippen molar-refractivity contribution in [3.8, 4) is 0 Å². The van der Waals surface area contributed by atoms with E-state index in [9.17, 15) is 9.59 Å². The molecule has 2 aromatic rings. The minimum absolute atomic E-state index is 0.259. The lowest BCUT2D eigenvalue weighted by Crippen LogP contribution is -2.48. The average molecular weight is 399 g/mol. The highest BCUT2D eigenvalue weighted by atomic mass is 35.5. The Morgan fingerprint density at radius 2 is 1.82 bits per heavy atom. The number of halogens is 1. The molecule has 1 heterocycles. The van der Waals surface area contributed by atoms with Gasteiger partial charge < -0.3 is 10.1 Å². The van der Waals surface area contributed by atoms with E-state index in [-0.39, 0.29) is 12.6 Å². The maximum absolute atomic E-state index is 13.0. The van der Waals surface area contributed by atoms with Gasteiger partial charge in [-0.1, -0.05) is 60.1 Å². The minimum atomic E-state index is -0.645. The summed E-state index contributed by atoms with van der Waals surface area (Å²) >= 11 is 6.34. The number of ether oxygens (including phenoxy) is 1. The molecule has 0 radical (unpaired) electrons. The fraction of sp³-hybridized carbons (Fsp3) is 0.273. The number of rotatable bonds is 6.